The Labute approximate surface area is 185 Å². The summed E-state index contributed by atoms with van der Waals surface area (Å²) >= 11 is 0. The maximum atomic E-state index is 13.2. The van der Waals surface area contributed by atoms with E-state index in [0.717, 1.165) is 68.8 Å². The number of carbonyl (C=O) groups is 2. The van der Waals surface area contributed by atoms with E-state index < -0.39 is 0 Å². The summed E-state index contributed by atoms with van der Waals surface area (Å²) in [5.41, 5.74) is 3.36. The van der Waals surface area contributed by atoms with Gasteiger partial charge in [0.15, 0.2) is 0 Å². The summed E-state index contributed by atoms with van der Waals surface area (Å²) in [5, 5.41) is 6.11. The molecule has 2 fully saturated rings. The smallest absolute Gasteiger partial charge is 0.253 e. The number of benzene rings is 2. The highest BCUT2D eigenvalue weighted by Crippen LogP contribution is 2.30. The summed E-state index contributed by atoms with van der Waals surface area (Å²) in [5.74, 6) is 0.789. The third kappa shape index (κ3) is 5.46. The largest absolute Gasteiger partial charge is 0.371 e. The lowest BCUT2D eigenvalue weighted by Gasteiger charge is -2.33. The fraction of sp³-hybridized carbons (Fsp3) is 0.462. The van der Waals surface area contributed by atoms with Gasteiger partial charge in [0, 0.05) is 36.9 Å². The molecule has 0 bridgehead atoms. The predicted octanol–water partition coefficient (Wildman–Crippen LogP) is 4.98. The second kappa shape index (κ2) is 9.99. The molecule has 164 valence electrons. The molecule has 2 aromatic carbocycles. The van der Waals surface area contributed by atoms with Crippen molar-refractivity contribution in [3.05, 3.63) is 59.7 Å². The first-order chi connectivity index (χ1) is 15.1. The molecule has 2 N–H and O–H groups in total. The van der Waals surface area contributed by atoms with Crippen molar-refractivity contribution in [2.24, 2.45) is 11.8 Å². The highest BCUT2D eigenvalue weighted by Gasteiger charge is 2.25. The topological polar surface area (TPSA) is 61.4 Å². The molecule has 1 aliphatic carbocycles. The second-order valence-corrected chi connectivity index (χ2v) is 9.04. The fourth-order valence-electron chi connectivity index (χ4n) is 4.63. The van der Waals surface area contributed by atoms with Gasteiger partial charge in [0.05, 0.1) is 5.56 Å². The van der Waals surface area contributed by atoms with Crippen LogP contribution >= 0.6 is 0 Å². The van der Waals surface area contributed by atoms with Crippen molar-refractivity contribution in [3.63, 3.8) is 0 Å². The lowest BCUT2D eigenvalue weighted by molar-refractivity contribution is -0.119. The van der Waals surface area contributed by atoms with Gasteiger partial charge in [-0.1, -0.05) is 50.1 Å². The van der Waals surface area contributed by atoms with Crippen LogP contribution in [0.2, 0.25) is 0 Å². The van der Waals surface area contributed by atoms with E-state index in [1.165, 1.54) is 0 Å². The molecule has 1 saturated carbocycles. The van der Waals surface area contributed by atoms with Crippen LogP contribution in [0, 0.1) is 11.8 Å². The Balaban J connectivity index is 1.53. The van der Waals surface area contributed by atoms with Crippen LogP contribution in [-0.4, -0.2) is 24.9 Å². The second-order valence-electron chi connectivity index (χ2n) is 9.04. The maximum Gasteiger partial charge on any atom is 0.253 e. The van der Waals surface area contributed by atoms with Gasteiger partial charge in [0.1, 0.15) is 0 Å². The van der Waals surface area contributed by atoms with Gasteiger partial charge in [-0.05, 0) is 55.4 Å². The van der Waals surface area contributed by atoms with Crippen LogP contribution in [0.5, 0.6) is 0 Å². The fourth-order valence-corrected chi connectivity index (χ4v) is 4.63. The minimum atomic E-state index is -0.102. The first kappa shape index (κ1) is 21.4. The molecule has 0 atom stereocenters. The van der Waals surface area contributed by atoms with Crippen molar-refractivity contribution in [1.82, 2.24) is 5.32 Å². The number of rotatable bonds is 6. The lowest BCUT2D eigenvalue weighted by Crippen LogP contribution is -2.35. The van der Waals surface area contributed by atoms with Crippen molar-refractivity contribution in [1.29, 1.82) is 0 Å². The minimum absolute atomic E-state index is 0.0766. The van der Waals surface area contributed by atoms with Crippen molar-refractivity contribution in [2.75, 3.05) is 23.3 Å². The van der Waals surface area contributed by atoms with E-state index in [9.17, 15) is 9.59 Å². The van der Waals surface area contributed by atoms with Gasteiger partial charge in [0.25, 0.3) is 5.91 Å². The number of piperidine rings is 1. The Hall–Kier alpha value is -2.82. The van der Waals surface area contributed by atoms with Crippen LogP contribution in [0.4, 0.5) is 11.4 Å². The molecule has 1 aliphatic heterocycles. The summed E-state index contributed by atoms with van der Waals surface area (Å²) in [6, 6.07) is 15.7. The summed E-state index contributed by atoms with van der Waals surface area (Å²) in [7, 11) is 0. The first-order valence-electron chi connectivity index (χ1n) is 11.6. The monoisotopic (exact) mass is 419 g/mol. The molecule has 0 aromatic heterocycles. The van der Waals surface area contributed by atoms with Crippen LogP contribution in [0.25, 0.3) is 0 Å². The Morgan fingerprint density at radius 3 is 2.39 bits per heavy atom. The molecule has 5 nitrogen and oxygen atoms in total. The predicted molar refractivity (Wildman–Crippen MR) is 125 cm³/mol. The van der Waals surface area contributed by atoms with Gasteiger partial charge >= 0.3 is 0 Å². The number of nitrogens with one attached hydrogen (secondary N) is 2. The average Bonchev–Trinajstić information content (AvgIpc) is 3.34. The van der Waals surface area contributed by atoms with E-state index in [1.807, 2.05) is 48.5 Å². The van der Waals surface area contributed by atoms with E-state index in [-0.39, 0.29) is 17.7 Å². The lowest BCUT2D eigenvalue weighted by atomic mass is 9.97. The third-order valence-corrected chi connectivity index (χ3v) is 6.65. The summed E-state index contributed by atoms with van der Waals surface area (Å²) in [6.07, 6.45) is 6.42. The number of hydrogen-bond acceptors (Lipinski definition) is 3. The van der Waals surface area contributed by atoms with E-state index in [0.29, 0.717) is 17.8 Å². The molecular formula is C26H33N3O2. The molecule has 1 heterocycles. The third-order valence-electron chi connectivity index (χ3n) is 6.65. The zero-order valence-corrected chi connectivity index (χ0v) is 18.4. The molecule has 2 aromatic rings. The van der Waals surface area contributed by atoms with Gasteiger partial charge in [0.2, 0.25) is 5.91 Å². The normalized spacial score (nSPS) is 17.5. The van der Waals surface area contributed by atoms with Crippen LogP contribution in [0.1, 0.15) is 61.4 Å². The van der Waals surface area contributed by atoms with Gasteiger partial charge in [-0.25, -0.2) is 0 Å². The van der Waals surface area contributed by atoms with Gasteiger partial charge in [-0.15, -0.1) is 0 Å². The number of anilines is 2. The zero-order chi connectivity index (χ0) is 21.6. The molecular weight excluding hydrogens is 386 g/mol. The van der Waals surface area contributed by atoms with Gasteiger partial charge in [-0.2, -0.15) is 0 Å². The standard InChI is InChI=1S/C26H33N3O2/c1-19-13-15-29(16-14-19)24-12-11-22(28-25(30)21-9-5-6-10-21)17-23(24)26(31)27-18-20-7-3-2-4-8-20/h2-4,7-8,11-12,17,19,21H,5-6,9-10,13-16,18H2,1H3,(H,27,31)(H,28,30). The molecule has 0 unspecified atom stereocenters. The molecule has 5 heteroatoms. The van der Waals surface area contributed by atoms with Crippen LogP contribution in [0.3, 0.4) is 0 Å². The van der Waals surface area contributed by atoms with Crippen molar-refractivity contribution >= 4 is 23.2 Å². The Morgan fingerprint density at radius 1 is 0.968 bits per heavy atom. The number of hydrogen-bond donors (Lipinski definition) is 2. The van der Waals surface area contributed by atoms with E-state index in [1.54, 1.807) is 0 Å². The van der Waals surface area contributed by atoms with E-state index >= 15 is 0 Å². The Bertz CT molecular complexity index is 898. The average molecular weight is 420 g/mol. The van der Waals surface area contributed by atoms with Crippen molar-refractivity contribution in [2.45, 2.75) is 52.0 Å². The maximum absolute atomic E-state index is 13.2. The summed E-state index contributed by atoms with van der Waals surface area (Å²) in [6.45, 7) is 4.67. The Kier molecular flexibility index (Phi) is 6.90. The molecule has 1 saturated heterocycles. The van der Waals surface area contributed by atoms with Gasteiger partial charge < -0.3 is 15.5 Å². The quantitative estimate of drug-likeness (QED) is 0.694. The SMILES string of the molecule is CC1CCN(c2ccc(NC(=O)C3CCCC3)cc2C(=O)NCc2ccccc2)CC1. The molecule has 4 rings (SSSR count). The first-order valence-corrected chi connectivity index (χ1v) is 11.6. The van der Waals surface area contributed by atoms with Crippen LogP contribution in [-0.2, 0) is 11.3 Å². The molecule has 0 spiro atoms. The molecule has 31 heavy (non-hydrogen) atoms. The Morgan fingerprint density at radius 2 is 1.68 bits per heavy atom. The van der Waals surface area contributed by atoms with Gasteiger partial charge in [-0.3, -0.25) is 9.59 Å². The molecule has 0 radical (unpaired) electrons. The highest BCUT2D eigenvalue weighted by atomic mass is 16.2. The van der Waals surface area contributed by atoms with Crippen molar-refractivity contribution < 1.29 is 9.59 Å². The molecule has 2 amide bonds. The van der Waals surface area contributed by atoms with E-state index in [2.05, 4.69) is 22.5 Å². The zero-order valence-electron chi connectivity index (χ0n) is 18.4. The van der Waals surface area contributed by atoms with Crippen molar-refractivity contribution in [3.8, 4) is 0 Å². The minimum Gasteiger partial charge on any atom is -0.371 e. The number of nitrogens with zero attached hydrogens (tertiary/aromatic N) is 1. The van der Waals surface area contributed by atoms with Crippen LogP contribution < -0.4 is 15.5 Å². The summed E-state index contributed by atoms with van der Waals surface area (Å²) < 4.78 is 0. The number of amides is 2. The molecule has 2 aliphatic rings. The van der Waals surface area contributed by atoms with Crippen LogP contribution in [0.15, 0.2) is 48.5 Å². The summed E-state index contributed by atoms with van der Waals surface area (Å²) in [4.78, 5) is 28.1. The van der Waals surface area contributed by atoms with E-state index in [4.69, 9.17) is 0 Å². The highest BCUT2D eigenvalue weighted by molar-refractivity contribution is 6.02. The number of carbonyl (C=O) groups excluding carboxylic acids is 2.